The number of hydrogen-bond donors (Lipinski definition) is 0. The summed E-state index contributed by atoms with van der Waals surface area (Å²) in [4.78, 5) is 0. The molecule has 0 bridgehead atoms. The van der Waals surface area contributed by atoms with Crippen molar-refractivity contribution in [1.29, 1.82) is 0 Å². The van der Waals surface area contributed by atoms with E-state index < -0.39 is 32.3 Å². The molecule has 4 atom stereocenters. The maximum atomic E-state index is 2.61. The van der Waals surface area contributed by atoms with Crippen LogP contribution in [0.15, 0.2) is 144 Å². The Morgan fingerprint density at radius 3 is 0.923 bits per heavy atom. The van der Waals surface area contributed by atoms with Crippen LogP contribution in [0.25, 0.3) is 11.1 Å². The van der Waals surface area contributed by atoms with E-state index in [2.05, 4.69) is 212 Å². The molecule has 0 aliphatic heterocycles. The van der Waals surface area contributed by atoms with Gasteiger partial charge in [-0.05, 0) is 57.3 Å². The van der Waals surface area contributed by atoms with Crippen molar-refractivity contribution in [2.45, 2.75) is 113 Å². The average Bonchev–Trinajstić information content (AvgIpc) is 4.01. The summed E-state index contributed by atoms with van der Waals surface area (Å²) in [5, 5.41) is 3.49. The van der Waals surface area contributed by atoms with Gasteiger partial charge in [0.2, 0.25) is 0 Å². The van der Waals surface area contributed by atoms with E-state index >= 15 is 0 Å². The highest BCUT2D eigenvalue weighted by molar-refractivity contribution is 6.86. The molecule has 2 aliphatic rings. The number of hydrogen-bond acceptors (Lipinski definition) is 0. The molecular formula is C48H64Si4. The van der Waals surface area contributed by atoms with Gasteiger partial charge in [-0.3, -0.25) is 0 Å². The summed E-state index contributed by atoms with van der Waals surface area (Å²) in [6.45, 7) is 31.3. The predicted molar refractivity (Wildman–Crippen MR) is 242 cm³/mol. The minimum absolute atomic E-state index is 0.0919. The standard InChI is InChI=1S/C48H64Si4/c1-49(2,3)43-35-47(43,39-29-21-15-22-30-39)45(51(7,8)9)41(37-25-17-13-18-26-37)33-34-42(38-27-19-14-20-28-38)46(52(10,11)12)48(36-44(48)50(4,5)6)40-31-23-16-24-32-40/h13-34,43-44H,35-36H2,1-12H3/b34-33-,45-41-,46-42-/t43-,44-,47+,48+/m1/s1. The smallest absolute Gasteiger partial charge is 0.0693 e. The molecule has 2 fully saturated rings. The monoisotopic (exact) mass is 752 g/mol. The fourth-order valence-electron chi connectivity index (χ4n) is 10.2. The Balaban J connectivity index is 1.72. The van der Waals surface area contributed by atoms with E-state index in [0.29, 0.717) is 0 Å². The second kappa shape index (κ2) is 14.0. The first-order valence-electron chi connectivity index (χ1n) is 19.7. The van der Waals surface area contributed by atoms with Crippen molar-refractivity contribution in [3.63, 3.8) is 0 Å². The molecule has 2 aliphatic carbocycles. The quantitative estimate of drug-likeness (QED) is 0.0998. The van der Waals surface area contributed by atoms with Gasteiger partial charge in [-0.25, -0.2) is 0 Å². The molecule has 4 heteroatoms. The molecule has 0 saturated heterocycles. The lowest BCUT2D eigenvalue weighted by molar-refractivity contribution is 0.851. The first-order chi connectivity index (χ1) is 24.3. The van der Waals surface area contributed by atoms with Crippen LogP contribution in [-0.4, -0.2) is 32.3 Å². The first-order valence-corrected chi connectivity index (χ1v) is 33.9. The summed E-state index contributed by atoms with van der Waals surface area (Å²) in [7, 11) is -6.75. The van der Waals surface area contributed by atoms with Gasteiger partial charge in [0.1, 0.15) is 0 Å². The van der Waals surface area contributed by atoms with Crippen molar-refractivity contribution in [2.24, 2.45) is 0 Å². The summed E-state index contributed by atoms with van der Waals surface area (Å²) in [6, 6.07) is 46.1. The van der Waals surface area contributed by atoms with Crippen LogP contribution < -0.4 is 0 Å². The van der Waals surface area contributed by atoms with Crippen molar-refractivity contribution in [3.8, 4) is 0 Å². The third-order valence-corrected chi connectivity index (χ3v) is 22.1. The zero-order valence-corrected chi connectivity index (χ0v) is 38.3. The van der Waals surface area contributed by atoms with Crippen molar-refractivity contribution >= 4 is 43.4 Å². The molecule has 0 nitrogen and oxygen atoms in total. The Morgan fingerprint density at radius 1 is 0.423 bits per heavy atom. The second-order valence-electron chi connectivity index (χ2n) is 20.1. The number of rotatable bonds is 12. The van der Waals surface area contributed by atoms with E-state index in [-0.39, 0.29) is 10.8 Å². The molecule has 0 spiro atoms. The van der Waals surface area contributed by atoms with Gasteiger partial charge in [0.15, 0.2) is 0 Å². The molecule has 0 amide bonds. The highest BCUT2D eigenvalue weighted by Gasteiger charge is 2.65. The third-order valence-electron chi connectivity index (χ3n) is 12.1. The minimum atomic E-state index is -1.89. The van der Waals surface area contributed by atoms with Crippen LogP contribution in [0, 0.1) is 0 Å². The van der Waals surface area contributed by atoms with Gasteiger partial charge in [-0.15, -0.1) is 0 Å². The van der Waals surface area contributed by atoms with E-state index in [9.17, 15) is 0 Å². The summed E-state index contributed by atoms with van der Waals surface area (Å²) < 4.78 is 0. The maximum absolute atomic E-state index is 2.61. The lowest BCUT2D eigenvalue weighted by Gasteiger charge is -2.37. The molecule has 0 radical (unpaired) electrons. The van der Waals surface area contributed by atoms with Crippen LogP contribution >= 0.6 is 0 Å². The fourth-order valence-corrected chi connectivity index (χ4v) is 21.6. The highest BCUT2D eigenvalue weighted by Crippen LogP contribution is 2.71. The highest BCUT2D eigenvalue weighted by atomic mass is 28.3. The molecule has 0 unspecified atom stereocenters. The van der Waals surface area contributed by atoms with Crippen molar-refractivity contribution < 1.29 is 0 Å². The van der Waals surface area contributed by atoms with Gasteiger partial charge in [0, 0.05) is 27.0 Å². The SMILES string of the molecule is C[Si](C)(C)/C(=C(/C=C\C(=C(/[C@]1(c2ccccc2)C[C@H]1[Si](C)(C)C)[Si](C)(C)C)c1ccccc1)c1ccccc1)[C@]1(c2ccccc2)C[C@H]1[Si](C)(C)C. The molecule has 0 N–H and O–H groups in total. The normalized spacial score (nSPS) is 24.7. The predicted octanol–water partition coefficient (Wildman–Crippen LogP) is 14.3. The van der Waals surface area contributed by atoms with Crippen LogP contribution in [0.3, 0.4) is 0 Å². The molecule has 6 rings (SSSR count). The Kier molecular flexibility index (Phi) is 10.4. The van der Waals surface area contributed by atoms with E-state index in [4.69, 9.17) is 0 Å². The van der Waals surface area contributed by atoms with E-state index in [0.717, 1.165) is 11.1 Å². The molecule has 272 valence electrons. The summed E-state index contributed by atoms with van der Waals surface area (Å²) in [5.74, 6) is 0. The lowest BCUT2D eigenvalue weighted by Crippen LogP contribution is -2.37. The fraction of sp³-hybridized carbons (Fsp3) is 0.375. The Hall–Kier alpha value is -3.03. The summed E-state index contributed by atoms with van der Waals surface area (Å²) >= 11 is 0. The largest absolute Gasteiger partial charge is 0.0744 e. The van der Waals surface area contributed by atoms with Gasteiger partial charge in [0.25, 0.3) is 0 Å². The Bertz CT molecular complexity index is 1800. The number of allylic oxidation sites excluding steroid dienone is 6. The van der Waals surface area contributed by atoms with Crippen molar-refractivity contribution in [2.75, 3.05) is 0 Å². The van der Waals surface area contributed by atoms with E-state index in [1.165, 1.54) is 46.2 Å². The van der Waals surface area contributed by atoms with Crippen LogP contribution in [-0.2, 0) is 10.8 Å². The van der Waals surface area contributed by atoms with Gasteiger partial charge in [0.05, 0.1) is 16.1 Å². The van der Waals surface area contributed by atoms with Crippen molar-refractivity contribution in [1.82, 2.24) is 0 Å². The van der Waals surface area contributed by atoms with Gasteiger partial charge < -0.3 is 0 Å². The van der Waals surface area contributed by atoms with Crippen LogP contribution in [0.2, 0.25) is 89.6 Å². The summed E-state index contributed by atoms with van der Waals surface area (Å²) in [5.41, 5.74) is 10.4. The van der Waals surface area contributed by atoms with Gasteiger partial charge in [-0.1, -0.05) is 222 Å². The van der Waals surface area contributed by atoms with E-state index in [1.807, 2.05) is 0 Å². The third kappa shape index (κ3) is 7.38. The molecule has 4 aromatic carbocycles. The summed E-state index contributed by atoms with van der Waals surface area (Å²) in [6.07, 6.45) is 7.76. The molecular weight excluding hydrogens is 689 g/mol. The molecule has 0 aromatic heterocycles. The molecule has 52 heavy (non-hydrogen) atoms. The zero-order valence-electron chi connectivity index (χ0n) is 34.3. The maximum Gasteiger partial charge on any atom is 0.0744 e. The van der Waals surface area contributed by atoms with Gasteiger partial charge >= 0.3 is 0 Å². The minimum Gasteiger partial charge on any atom is -0.0693 e. The number of benzene rings is 4. The molecule has 4 aromatic rings. The first kappa shape index (κ1) is 38.7. The van der Waals surface area contributed by atoms with E-state index in [1.54, 1.807) is 10.4 Å². The van der Waals surface area contributed by atoms with Gasteiger partial charge in [-0.2, -0.15) is 0 Å². The molecule has 0 heterocycles. The average molecular weight is 753 g/mol. The van der Waals surface area contributed by atoms with Crippen molar-refractivity contribution in [3.05, 3.63) is 166 Å². The van der Waals surface area contributed by atoms with Crippen LogP contribution in [0.1, 0.15) is 35.1 Å². The Labute approximate surface area is 321 Å². The lowest BCUT2D eigenvalue weighted by atomic mass is 9.88. The van der Waals surface area contributed by atoms with Crippen LogP contribution in [0.4, 0.5) is 0 Å². The zero-order chi connectivity index (χ0) is 37.7. The Morgan fingerprint density at radius 2 is 0.692 bits per heavy atom. The molecule has 2 saturated carbocycles. The second-order valence-corrected chi connectivity index (χ2v) is 40.9. The van der Waals surface area contributed by atoms with Crippen LogP contribution in [0.5, 0.6) is 0 Å². The topological polar surface area (TPSA) is 0 Å².